The molecule has 0 fully saturated rings. The largest absolute Gasteiger partial charge is 0.439 e. The van der Waals surface area contributed by atoms with E-state index in [0.29, 0.717) is 29.3 Å². The molecule has 0 saturated carbocycles. The molecule has 2 rings (SSSR count). The molecule has 0 aliphatic rings. The fraction of sp³-hybridized carbons (Fsp3) is 0.222. The Bertz CT molecular complexity index is 718. The van der Waals surface area contributed by atoms with E-state index in [0.717, 1.165) is 12.0 Å². The summed E-state index contributed by atoms with van der Waals surface area (Å²) in [7, 11) is 0. The van der Waals surface area contributed by atoms with Crippen LogP contribution in [0.3, 0.4) is 0 Å². The van der Waals surface area contributed by atoms with Crippen molar-refractivity contribution in [1.82, 2.24) is 4.98 Å². The third-order valence-electron chi connectivity index (χ3n) is 3.19. The van der Waals surface area contributed by atoms with Gasteiger partial charge < -0.3 is 10.1 Å². The lowest BCUT2D eigenvalue weighted by atomic mass is 10.1. The van der Waals surface area contributed by atoms with Crippen LogP contribution in [0.2, 0.25) is 0 Å². The Morgan fingerprint density at radius 2 is 2.17 bits per heavy atom. The zero-order valence-electron chi connectivity index (χ0n) is 13.2. The van der Waals surface area contributed by atoms with E-state index in [1.54, 1.807) is 36.9 Å². The minimum absolute atomic E-state index is 0.150. The van der Waals surface area contributed by atoms with E-state index in [4.69, 9.17) is 10.00 Å². The van der Waals surface area contributed by atoms with Crippen molar-refractivity contribution in [3.05, 3.63) is 54.1 Å². The second kappa shape index (κ2) is 7.95. The number of carbonyl (C=O) groups is 1. The van der Waals surface area contributed by atoms with Crippen molar-refractivity contribution in [2.24, 2.45) is 0 Å². The van der Waals surface area contributed by atoms with Gasteiger partial charge in [-0.2, -0.15) is 5.26 Å². The Hall–Kier alpha value is -2.87. The van der Waals surface area contributed by atoms with Crippen molar-refractivity contribution in [3.8, 4) is 17.7 Å². The van der Waals surface area contributed by atoms with E-state index in [-0.39, 0.29) is 5.91 Å². The molecule has 0 atom stereocenters. The summed E-state index contributed by atoms with van der Waals surface area (Å²) < 4.78 is 5.69. The summed E-state index contributed by atoms with van der Waals surface area (Å²) in [5.74, 6) is 0.904. The highest BCUT2D eigenvalue weighted by Gasteiger charge is 2.06. The van der Waals surface area contributed by atoms with Crippen LogP contribution < -0.4 is 10.1 Å². The number of pyridine rings is 1. The molecular weight excluding hydrogens is 290 g/mol. The number of benzene rings is 1. The lowest BCUT2D eigenvalue weighted by Crippen LogP contribution is -2.11. The van der Waals surface area contributed by atoms with Gasteiger partial charge in [0.05, 0.1) is 23.5 Å². The number of amides is 1. The number of hydrogen-bond donors (Lipinski definition) is 1. The van der Waals surface area contributed by atoms with Crippen LogP contribution in [0.1, 0.15) is 31.4 Å². The number of rotatable bonds is 6. The van der Waals surface area contributed by atoms with Gasteiger partial charge in [0.15, 0.2) is 0 Å². The lowest BCUT2D eigenvalue weighted by Gasteiger charge is -2.08. The topological polar surface area (TPSA) is 75.0 Å². The maximum atomic E-state index is 11.5. The van der Waals surface area contributed by atoms with Crippen LogP contribution in [0.5, 0.6) is 11.6 Å². The highest BCUT2D eigenvalue weighted by atomic mass is 16.5. The quantitative estimate of drug-likeness (QED) is 0.879. The Morgan fingerprint density at radius 3 is 2.78 bits per heavy atom. The van der Waals surface area contributed by atoms with Crippen LogP contribution in [0.4, 0.5) is 5.69 Å². The van der Waals surface area contributed by atoms with Crippen LogP contribution in [-0.2, 0) is 11.2 Å². The Labute approximate surface area is 135 Å². The number of aryl methyl sites for hydroxylation is 1. The molecule has 1 amide bonds. The van der Waals surface area contributed by atoms with Crippen LogP contribution >= 0.6 is 0 Å². The zero-order valence-corrected chi connectivity index (χ0v) is 13.2. The SMILES string of the molecule is CC[CH]C(=O)Nc1ccc(Oc2ccc(C#N)c(CC)c2)nc1. The second-order valence-corrected chi connectivity index (χ2v) is 4.87. The summed E-state index contributed by atoms with van der Waals surface area (Å²) in [5, 5.41) is 11.7. The molecule has 1 N–H and O–H groups in total. The molecule has 0 aliphatic carbocycles. The smallest absolute Gasteiger partial charge is 0.228 e. The summed E-state index contributed by atoms with van der Waals surface area (Å²) in [6.45, 7) is 3.89. The van der Waals surface area contributed by atoms with Gasteiger partial charge in [-0.15, -0.1) is 0 Å². The Kier molecular flexibility index (Phi) is 5.70. The van der Waals surface area contributed by atoms with Gasteiger partial charge in [-0.25, -0.2) is 4.98 Å². The molecule has 5 nitrogen and oxygen atoms in total. The van der Waals surface area contributed by atoms with Gasteiger partial charge in [0.2, 0.25) is 11.8 Å². The average Bonchev–Trinajstić information content (AvgIpc) is 2.56. The highest BCUT2D eigenvalue weighted by molar-refractivity contribution is 5.96. The number of anilines is 1. The van der Waals surface area contributed by atoms with Gasteiger partial charge >= 0.3 is 0 Å². The molecule has 5 heteroatoms. The van der Waals surface area contributed by atoms with Crippen LogP contribution in [0, 0.1) is 17.8 Å². The van der Waals surface area contributed by atoms with Crippen molar-refractivity contribution in [1.29, 1.82) is 5.26 Å². The average molecular weight is 308 g/mol. The monoisotopic (exact) mass is 308 g/mol. The predicted molar refractivity (Wildman–Crippen MR) is 88.1 cm³/mol. The van der Waals surface area contributed by atoms with E-state index >= 15 is 0 Å². The van der Waals surface area contributed by atoms with Crippen LogP contribution in [-0.4, -0.2) is 10.9 Å². The Balaban J connectivity index is 2.06. The number of carbonyl (C=O) groups excluding carboxylic acids is 1. The van der Waals surface area contributed by atoms with Crippen molar-refractivity contribution >= 4 is 11.6 Å². The van der Waals surface area contributed by atoms with Gasteiger partial charge in [-0.3, -0.25) is 4.79 Å². The Morgan fingerprint density at radius 1 is 1.35 bits per heavy atom. The summed E-state index contributed by atoms with van der Waals surface area (Å²) in [6.07, 6.45) is 4.54. The van der Waals surface area contributed by atoms with Crippen molar-refractivity contribution in [3.63, 3.8) is 0 Å². The third-order valence-corrected chi connectivity index (χ3v) is 3.19. The van der Waals surface area contributed by atoms with Crippen molar-refractivity contribution < 1.29 is 9.53 Å². The molecule has 1 aromatic heterocycles. The van der Waals surface area contributed by atoms with Gasteiger partial charge in [-0.1, -0.05) is 13.8 Å². The minimum atomic E-state index is -0.150. The number of nitriles is 1. The summed E-state index contributed by atoms with van der Waals surface area (Å²) >= 11 is 0. The normalized spacial score (nSPS) is 9.96. The predicted octanol–water partition coefficient (Wildman–Crippen LogP) is 3.86. The molecule has 1 aromatic carbocycles. The molecule has 23 heavy (non-hydrogen) atoms. The van der Waals surface area contributed by atoms with Crippen molar-refractivity contribution in [2.75, 3.05) is 5.32 Å². The fourth-order valence-electron chi connectivity index (χ4n) is 2.05. The molecule has 0 saturated heterocycles. The van der Waals surface area contributed by atoms with Gasteiger partial charge in [0.1, 0.15) is 5.75 Å². The second-order valence-electron chi connectivity index (χ2n) is 4.87. The maximum absolute atomic E-state index is 11.5. The first-order valence-corrected chi connectivity index (χ1v) is 7.47. The summed E-state index contributed by atoms with van der Waals surface area (Å²) in [4.78, 5) is 15.6. The molecule has 0 aliphatic heterocycles. The lowest BCUT2D eigenvalue weighted by molar-refractivity contribution is -0.113. The first kappa shape index (κ1) is 16.5. The van der Waals surface area contributed by atoms with E-state index in [1.807, 2.05) is 19.9 Å². The molecule has 0 bridgehead atoms. The maximum Gasteiger partial charge on any atom is 0.228 e. The van der Waals surface area contributed by atoms with E-state index < -0.39 is 0 Å². The molecule has 2 aromatic rings. The molecule has 1 radical (unpaired) electrons. The molecular formula is C18H18N3O2. The number of aromatic nitrogens is 1. The summed E-state index contributed by atoms with van der Waals surface area (Å²) in [5.41, 5.74) is 2.20. The molecule has 0 unspecified atom stereocenters. The van der Waals surface area contributed by atoms with E-state index in [9.17, 15) is 4.79 Å². The highest BCUT2D eigenvalue weighted by Crippen LogP contribution is 2.23. The fourth-order valence-corrected chi connectivity index (χ4v) is 2.05. The summed E-state index contributed by atoms with van der Waals surface area (Å²) in [6, 6.07) is 10.9. The van der Waals surface area contributed by atoms with E-state index in [1.165, 1.54) is 0 Å². The van der Waals surface area contributed by atoms with Crippen LogP contribution in [0.25, 0.3) is 0 Å². The van der Waals surface area contributed by atoms with Gasteiger partial charge in [-0.05, 0) is 42.7 Å². The number of nitrogens with one attached hydrogen (secondary N) is 1. The number of hydrogen-bond acceptors (Lipinski definition) is 4. The first-order chi connectivity index (χ1) is 11.2. The first-order valence-electron chi connectivity index (χ1n) is 7.47. The number of ether oxygens (including phenoxy) is 1. The zero-order chi connectivity index (χ0) is 16.7. The van der Waals surface area contributed by atoms with Crippen molar-refractivity contribution in [2.45, 2.75) is 26.7 Å². The molecule has 117 valence electrons. The van der Waals surface area contributed by atoms with Gasteiger partial charge in [0, 0.05) is 12.5 Å². The van der Waals surface area contributed by atoms with Gasteiger partial charge in [0.25, 0.3) is 0 Å². The third kappa shape index (κ3) is 4.55. The van der Waals surface area contributed by atoms with E-state index in [2.05, 4.69) is 16.4 Å². The molecule has 0 spiro atoms. The molecule has 1 heterocycles. The minimum Gasteiger partial charge on any atom is -0.439 e. The number of nitrogens with zero attached hydrogens (tertiary/aromatic N) is 2. The standard InChI is InChI=1S/C18H18N3O2/c1-3-5-17(22)21-15-7-9-18(20-12-15)23-16-8-6-14(11-19)13(4-2)10-16/h5-10,12H,3-4H2,1-2H3,(H,21,22). The van der Waals surface area contributed by atoms with Crippen LogP contribution in [0.15, 0.2) is 36.5 Å².